The molecule has 1 aromatic heterocycles. The number of aromatic nitrogens is 1. The van der Waals surface area contributed by atoms with Crippen LogP contribution in [0.5, 0.6) is 0 Å². The molecule has 0 bridgehead atoms. The van der Waals surface area contributed by atoms with E-state index in [1.54, 1.807) is 18.2 Å². The molecule has 5 heteroatoms. The molecule has 0 radical (unpaired) electrons. The number of hydrogen-bond acceptors (Lipinski definition) is 1. The van der Waals surface area contributed by atoms with Gasteiger partial charge in [0.15, 0.2) is 17.4 Å². The molecule has 0 aliphatic carbocycles. The molecule has 100 valence electrons. The predicted molar refractivity (Wildman–Crippen MR) is 73.1 cm³/mol. The van der Waals surface area contributed by atoms with E-state index in [0.29, 0.717) is 15.9 Å². The van der Waals surface area contributed by atoms with Crippen molar-refractivity contribution < 1.29 is 13.6 Å². The van der Waals surface area contributed by atoms with Gasteiger partial charge in [-0.25, -0.2) is 8.78 Å². The topological polar surface area (TPSA) is 32.9 Å². The summed E-state index contributed by atoms with van der Waals surface area (Å²) in [5.74, 6) is -2.78. The minimum absolute atomic E-state index is 0.256. The molecule has 2 nitrogen and oxygen atoms in total. The Labute approximate surface area is 118 Å². The van der Waals surface area contributed by atoms with Crippen LogP contribution in [0.25, 0.3) is 10.9 Å². The largest absolute Gasteiger partial charge is 0.360 e. The number of ketones is 1. The third-order valence-electron chi connectivity index (χ3n) is 3.08. The molecule has 0 saturated carbocycles. The van der Waals surface area contributed by atoms with Gasteiger partial charge in [0.1, 0.15) is 0 Å². The van der Waals surface area contributed by atoms with Crippen molar-refractivity contribution in [3.8, 4) is 0 Å². The second kappa shape index (κ2) is 4.72. The molecule has 2 aromatic carbocycles. The number of fused-ring (bicyclic) bond motifs is 1. The van der Waals surface area contributed by atoms with Gasteiger partial charge in [-0.3, -0.25) is 4.79 Å². The fraction of sp³-hybridized carbons (Fsp3) is 0. The van der Waals surface area contributed by atoms with Gasteiger partial charge in [0, 0.05) is 27.7 Å². The van der Waals surface area contributed by atoms with Crippen LogP contribution in [0.3, 0.4) is 0 Å². The Bertz CT molecular complexity index is 826. The second-order valence-electron chi connectivity index (χ2n) is 4.32. The monoisotopic (exact) mass is 291 g/mol. The molecule has 20 heavy (non-hydrogen) atoms. The summed E-state index contributed by atoms with van der Waals surface area (Å²) < 4.78 is 26.9. The van der Waals surface area contributed by atoms with E-state index in [9.17, 15) is 13.6 Å². The third-order valence-corrected chi connectivity index (χ3v) is 3.32. The van der Waals surface area contributed by atoms with Crippen molar-refractivity contribution in [2.45, 2.75) is 0 Å². The normalized spacial score (nSPS) is 10.9. The van der Waals surface area contributed by atoms with E-state index in [1.165, 1.54) is 18.3 Å². The summed E-state index contributed by atoms with van der Waals surface area (Å²) in [5, 5.41) is 1.04. The molecule has 0 amide bonds. The van der Waals surface area contributed by atoms with E-state index in [0.717, 1.165) is 6.07 Å². The van der Waals surface area contributed by atoms with Crippen molar-refractivity contribution in [2.75, 3.05) is 0 Å². The number of hydrogen-bond donors (Lipinski definition) is 1. The zero-order chi connectivity index (χ0) is 14.3. The Morgan fingerprint density at radius 1 is 1.10 bits per heavy atom. The molecule has 0 fully saturated rings. The van der Waals surface area contributed by atoms with Crippen molar-refractivity contribution in [1.29, 1.82) is 0 Å². The van der Waals surface area contributed by atoms with E-state index in [4.69, 9.17) is 11.6 Å². The van der Waals surface area contributed by atoms with Gasteiger partial charge in [0.25, 0.3) is 0 Å². The summed E-state index contributed by atoms with van der Waals surface area (Å²) in [7, 11) is 0. The zero-order valence-corrected chi connectivity index (χ0v) is 10.8. The first-order valence-corrected chi connectivity index (χ1v) is 6.21. The van der Waals surface area contributed by atoms with Crippen LogP contribution in [-0.2, 0) is 0 Å². The van der Waals surface area contributed by atoms with Crippen LogP contribution in [0.1, 0.15) is 15.9 Å². The number of rotatable bonds is 2. The van der Waals surface area contributed by atoms with Crippen molar-refractivity contribution in [1.82, 2.24) is 4.98 Å². The van der Waals surface area contributed by atoms with Crippen LogP contribution < -0.4 is 0 Å². The Morgan fingerprint density at radius 2 is 1.90 bits per heavy atom. The van der Waals surface area contributed by atoms with Crippen LogP contribution in [0.15, 0.2) is 42.6 Å². The van der Waals surface area contributed by atoms with Crippen LogP contribution >= 0.6 is 11.6 Å². The average Bonchev–Trinajstić information content (AvgIpc) is 2.84. The van der Waals surface area contributed by atoms with Gasteiger partial charge in [-0.05, 0) is 30.3 Å². The lowest BCUT2D eigenvalue weighted by molar-refractivity contribution is 0.103. The lowest BCUT2D eigenvalue weighted by Crippen LogP contribution is -2.05. The Kier molecular flexibility index (Phi) is 3.03. The fourth-order valence-corrected chi connectivity index (χ4v) is 2.28. The number of H-pyrrole nitrogens is 1. The molecule has 1 heterocycles. The first kappa shape index (κ1) is 12.8. The summed E-state index contributed by atoms with van der Waals surface area (Å²) in [4.78, 5) is 15.2. The maximum Gasteiger partial charge on any atom is 0.198 e. The minimum atomic E-state index is -1.14. The van der Waals surface area contributed by atoms with Crippen molar-refractivity contribution in [3.05, 3.63) is 70.4 Å². The Morgan fingerprint density at radius 3 is 2.70 bits per heavy atom. The van der Waals surface area contributed by atoms with Crippen LogP contribution in [0, 0.1) is 11.6 Å². The first-order valence-electron chi connectivity index (χ1n) is 5.83. The van der Waals surface area contributed by atoms with Gasteiger partial charge in [-0.15, -0.1) is 0 Å². The van der Waals surface area contributed by atoms with Gasteiger partial charge >= 0.3 is 0 Å². The van der Waals surface area contributed by atoms with E-state index < -0.39 is 17.4 Å². The number of carbonyl (C=O) groups excluding carboxylic acids is 1. The lowest BCUT2D eigenvalue weighted by atomic mass is 10.0. The molecule has 3 aromatic rings. The summed E-state index contributed by atoms with van der Waals surface area (Å²) >= 11 is 5.90. The highest BCUT2D eigenvalue weighted by atomic mass is 35.5. The number of benzene rings is 2. The summed E-state index contributed by atoms with van der Waals surface area (Å²) in [6.07, 6.45) is 1.47. The first-order chi connectivity index (χ1) is 9.58. The number of halogens is 3. The average molecular weight is 292 g/mol. The highest BCUT2D eigenvalue weighted by Gasteiger charge is 2.19. The van der Waals surface area contributed by atoms with E-state index in [1.807, 2.05) is 0 Å². The second-order valence-corrected chi connectivity index (χ2v) is 4.76. The molecule has 0 saturated heterocycles. The lowest BCUT2D eigenvalue weighted by Gasteiger charge is -2.02. The molecule has 1 N–H and O–H groups in total. The fourth-order valence-electron chi connectivity index (χ4n) is 2.10. The van der Waals surface area contributed by atoms with E-state index in [2.05, 4.69) is 4.98 Å². The number of aromatic amines is 1. The van der Waals surface area contributed by atoms with E-state index >= 15 is 0 Å². The summed E-state index contributed by atoms with van der Waals surface area (Å²) in [6, 6.07) is 8.53. The van der Waals surface area contributed by atoms with Crippen molar-refractivity contribution in [3.63, 3.8) is 0 Å². The van der Waals surface area contributed by atoms with Crippen molar-refractivity contribution in [2.24, 2.45) is 0 Å². The summed E-state index contributed by atoms with van der Waals surface area (Å²) in [5.41, 5.74) is 0.660. The molecule has 0 unspecified atom stereocenters. The quantitative estimate of drug-likeness (QED) is 0.700. The SMILES string of the molecule is O=C(c1cccc(F)c1F)c1c[nH]c2ccc(Cl)cc12. The predicted octanol–water partition coefficient (Wildman–Crippen LogP) is 4.33. The highest BCUT2D eigenvalue weighted by molar-refractivity contribution is 6.31. The molecule has 0 aliphatic heterocycles. The maximum absolute atomic E-state index is 13.7. The van der Waals surface area contributed by atoms with Gasteiger partial charge in [0.05, 0.1) is 5.56 Å². The molecule has 0 atom stereocenters. The zero-order valence-electron chi connectivity index (χ0n) is 10.1. The highest BCUT2D eigenvalue weighted by Crippen LogP contribution is 2.25. The van der Waals surface area contributed by atoms with Crippen LogP contribution in [0.2, 0.25) is 5.02 Å². The maximum atomic E-state index is 13.7. The smallest absolute Gasteiger partial charge is 0.198 e. The minimum Gasteiger partial charge on any atom is -0.360 e. The molecule has 3 rings (SSSR count). The summed E-state index contributed by atoms with van der Waals surface area (Å²) in [6.45, 7) is 0. The molecular weight excluding hydrogens is 284 g/mol. The molecule has 0 spiro atoms. The van der Waals surface area contributed by atoms with Gasteiger partial charge < -0.3 is 4.98 Å². The third kappa shape index (κ3) is 1.98. The number of nitrogens with one attached hydrogen (secondary N) is 1. The Balaban J connectivity index is 2.18. The van der Waals surface area contributed by atoms with Gasteiger partial charge in [-0.1, -0.05) is 17.7 Å². The number of carbonyl (C=O) groups is 1. The van der Waals surface area contributed by atoms with Gasteiger partial charge in [-0.2, -0.15) is 0 Å². The van der Waals surface area contributed by atoms with Crippen molar-refractivity contribution >= 4 is 28.3 Å². The van der Waals surface area contributed by atoms with Gasteiger partial charge in [0.2, 0.25) is 0 Å². The van der Waals surface area contributed by atoms with E-state index in [-0.39, 0.29) is 11.1 Å². The molecular formula is C15H8ClF2NO. The Hall–Kier alpha value is -2.20. The van der Waals surface area contributed by atoms with Crippen LogP contribution in [0.4, 0.5) is 8.78 Å². The van der Waals surface area contributed by atoms with Crippen LogP contribution in [-0.4, -0.2) is 10.8 Å². The molecule has 0 aliphatic rings. The standard InChI is InChI=1S/C15H8ClF2NO/c16-8-4-5-13-10(6-8)11(7-19-13)15(20)9-2-1-3-12(17)14(9)18/h1-7,19H.